The summed E-state index contributed by atoms with van der Waals surface area (Å²) < 4.78 is 0. The molecule has 0 bridgehead atoms. The van der Waals surface area contributed by atoms with Gasteiger partial charge in [0.1, 0.15) is 0 Å². The Morgan fingerprint density at radius 1 is 1.39 bits per heavy atom. The van der Waals surface area contributed by atoms with Gasteiger partial charge in [0.15, 0.2) is 0 Å². The molecule has 0 aromatic carbocycles. The molecule has 1 aromatic rings. The highest BCUT2D eigenvalue weighted by Gasteiger charge is 2.42. The Morgan fingerprint density at radius 3 is 2.61 bits per heavy atom. The first-order valence-electron chi connectivity index (χ1n) is 7.11. The molecular formula is C15H26N2S. The molecule has 0 radical (unpaired) electrons. The van der Waals surface area contributed by atoms with Gasteiger partial charge in [0.05, 0.1) is 10.7 Å². The van der Waals surface area contributed by atoms with E-state index in [0.29, 0.717) is 5.41 Å². The Kier molecular flexibility index (Phi) is 4.12. The third-order valence-electron chi connectivity index (χ3n) is 3.73. The summed E-state index contributed by atoms with van der Waals surface area (Å²) in [6.45, 7) is 11.3. The summed E-state index contributed by atoms with van der Waals surface area (Å²) in [5, 5.41) is 7.14. The molecule has 1 N–H and O–H groups in total. The highest BCUT2D eigenvalue weighted by atomic mass is 32.1. The Morgan fingerprint density at radius 2 is 2.11 bits per heavy atom. The number of hydrogen-bond donors (Lipinski definition) is 1. The highest BCUT2D eigenvalue weighted by Crippen LogP contribution is 2.48. The number of thiazole rings is 1. The average Bonchev–Trinajstić information content (AvgIpc) is 2.86. The van der Waals surface area contributed by atoms with Crippen molar-refractivity contribution < 1.29 is 0 Å². The molecule has 2 nitrogen and oxygen atoms in total. The van der Waals surface area contributed by atoms with E-state index in [0.717, 1.165) is 6.54 Å². The molecule has 0 aliphatic heterocycles. The van der Waals surface area contributed by atoms with E-state index in [9.17, 15) is 0 Å². The molecule has 0 atom stereocenters. The lowest BCUT2D eigenvalue weighted by Gasteiger charge is -2.16. The second-order valence-electron chi connectivity index (χ2n) is 6.73. The number of nitrogens with one attached hydrogen (secondary N) is 1. The normalized spacial score (nSPS) is 18.0. The van der Waals surface area contributed by atoms with Crippen molar-refractivity contribution in [1.82, 2.24) is 10.3 Å². The van der Waals surface area contributed by atoms with Gasteiger partial charge in [-0.1, -0.05) is 27.7 Å². The van der Waals surface area contributed by atoms with Crippen LogP contribution in [0.5, 0.6) is 0 Å². The van der Waals surface area contributed by atoms with Crippen LogP contribution in [0.15, 0.2) is 5.38 Å². The van der Waals surface area contributed by atoms with Crippen molar-refractivity contribution in [2.75, 3.05) is 13.1 Å². The van der Waals surface area contributed by atoms with Gasteiger partial charge in [0, 0.05) is 23.8 Å². The molecular weight excluding hydrogens is 240 g/mol. The van der Waals surface area contributed by atoms with Crippen molar-refractivity contribution in [2.45, 2.75) is 58.8 Å². The van der Waals surface area contributed by atoms with E-state index in [1.54, 1.807) is 0 Å². The fourth-order valence-electron chi connectivity index (χ4n) is 2.18. The van der Waals surface area contributed by atoms with Gasteiger partial charge in [0.2, 0.25) is 0 Å². The zero-order valence-corrected chi connectivity index (χ0v) is 13.0. The fraction of sp³-hybridized carbons (Fsp3) is 0.800. The van der Waals surface area contributed by atoms with E-state index in [4.69, 9.17) is 4.98 Å². The molecule has 1 heterocycles. The Hall–Kier alpha value is -0.410. The van der Waals surface area contributed by atoms with Crippen LogP contribution in [0.25, 0.3) is 0 Å². The summed E-state index contributed by atoms with van der Waals surface area (Å²) in [6, 6.07) is 0. The summed E-state index contributed by atoms with van der Waals surface area (Å²) in [5.41, 5.74) is 1.97. The second-order valence-corrected chi connectivity index (χ2v) is 7.67. The monoisotopic (exact) mass is 266 g/mol. The van der Waals surface area contributed by atoms with Crippen LogP contribution >= 0.6 is 11.3 Å². The SMILES string of the molecule is CCCNCC1(Cc2nc(C(C)(C)C)cs2)CC1. The van der Waals surface area contributed by atoms with Crippen LogP contribution in [-0.4, -0.2) is 18.1 Å². The average molecular weight is 266 g/mol. The quantitative estimate of drug-likeness (QED) is 0.793. The van der Waals surface area contributed by atoms with E-state index in [-0.39, 0.29) is 5.41 Å². The maximum absolute atomic E-state index is 4.83. The first-order valence-corrected chi connectivity index (χ1v) is 7.99. The van der Waals surface area contributed by atoms with Crippen molar-refractivity contribution >= 4 is 11.3 Å². The predicted molar refractivity (Wildman–Crippen MR) is 79.3 cm³/mol. The number of aromatic nitrogens is 1. The fourth-order valence-corrected chi connectivity index (χ4v) is 3.38. The van der Waals surface area contributed by atoms with Crippen molar-refractivity contribution in [1.29, 1.82) is 0 Å². The summed E-state index contributed by atoms with van der Waals surface area (Å²) in [4.78, 5) is 4.83. The maximum Gasteiger partial charge on any atom is 0.0934 e. The smallest absolute Gasteiger partial charge is 0.0934 e. The van der Waals surface area contributed by atoms with Gasteiger partial charge >= 0.3 is 0 Å². The minimum absolute atomic E-state index is 0.186. The van der Waals surface area contributed by atoms with Crippen molar-refractivity contribution in [3.8, 4) is 0 Å². The predicted octanol–water partition coefficient (Wildman–Crippen LogP) is 3.76. The maximum atomic E-state index is 4.83. The lowest BCUT2D eigenvalue weighted by Crippen LogP contribution is -2.26. The molecule has 0 spiro atoms. The summed E-state index contributed by atoms with van der Waals surface area (Å²) in [6.07, 6.45) is 5.13. The van der Waals surface area contributed by atoms with Crippen LogP contribution in [0.1, 0.15) is 57.7 Å². The molecule has 3 heteroatoms. The molecule has 0 amide bonds. The first kappa shape index (κ1) is 14.0. The highest BCUT2D eigenvalue weighted by molar-refractivity contribution is 7.09. The van der Waals surface area contributed by atoms with Gasteiger partial charge < -0.3 is 5.32 Å². The number of nitrogens with zero attached hydrogens (tertiary/aromatic N) is 1. The number of rotatable bonds is 6. The van der Waals surface area contributed by atoms with Crippen LogP contribution in [-0.2, 0) is 11.8 Å². The van der Waals surface area contributed by atoms with E-state index < -0.39 is 0 Å². The molecule has 1 aliphatic rings. The lowest BCUT2D eigenvalue weighted by atomic mass is 9.93. The minimum atomic E-state index is 0.186. The Labute approximate surface area is 115 Å². The van der Waals surface area contributed by atoms with Crippen molar-refractivity contribution in [3.05, 3.63) is 16.1 Å². The Balaban J connectivity index is 1.91. The van der Waals surface area contributed by atoms with Gasteiger partial charge in [-0.05, 0) is 31.2 Å². The van der Waals surface area contributed by atoms with E-state index in [1.165, 1.54) is 42.9 Å². The van der Waals surface area contributed by atoms with Crippen LogP contribution in [0.4, 0.5) is 0 Å². The molecule has 0 saturated heterocycles. The van der Waals surface area contributed by atoms with E-state index in [1.807, 2.05) is 11.3 Å². The first-order chi connectivity index (χ1) is 8.45. The van der Waals surface area contributed by atoms with E-state index >= 15 is 0 Å². The van der Waals surface area contributed by atoms with Gasteiger partial charge in [0.25, 0.3) is 0 Å². The molecule has 18 heavy (non-hydrogen) atoms. The van der Waals surface area contributed by atoms with Crippen LogP contribution < -0.4 is 5.32 Å². The van der Waals surface area contributed by atoms with E-state index in [2.05, 4.69) is 38.4 Å². The topological polar surface area (TPSA) is 24.9 Å². The zero-order chi connectivity index (χ0) is 13.2. The standard InChI is InChI=1S/C15H26N2S/c1-5-8-16-11-15(6-7-15)9-13-17-12(10-18-13)14(2,3)4/h10,16H,5-9,11H2,1-4H3. The van der Waals surface area contributed by atoms with Crippen LogP contribution in [0.3, 0.4) is 0 Å². The molecule has 1 fully saturated rings. The second kappa shape index (κ2) is 5.30. The van der Waals surface area contributed by atoms with Gasteiger partial charge in [-0.15, -0.1) is 11.3 Å². The third-order valence-corrected chi connectivity index (χ3v) is 4.58. The van der Waals surface area contributed by atoms with Crippen molar-refractivity contribution in [2.24, 2.45) is 5.41 Å². The molecule has 102 valence electrons. The molecule has 1 aliphatic carbocycles. The Bertz CT molecular complexity index is 385. The number of hydrogen-bond acceptors (Lipinski definition) is 3. The zero-order valence-electron chi connectivity index (χ0n) is 12.2. The molecule has 2 rings (SSSR count). The molecule has 0 unspecified atom stereocenters. The molecule has 1 aromatic heterocycles. The van der Waals surface area contributed by atoms with Crippen molar-refractivity contribution in [3.63, 3.8) is 0 Å². The molecule has 1 saturated carbocycles. The summed E-state index contributed by atoms with van der Waals surface area (Å²) in [7, 11) is 0. The largest absolute Gasteiger partial charge is 0.316 e. The summed E-state index contributed by atoms with van der Waals surface area (Å²) >= 11 is 1.84. The van der Waals surface area contributed by atoms with Crippen LogP contribution in [0, 0.1) is 5.41 Å². The summed E-state index contributed by atoms with van der Waals surface area (Å²) in [5.74, 6) is 0. The lowest BCUT2D eigenvalue weighted by molar-refractivity contribution is 0.453. The van der Waals surface area contributed by atoms with Gasteiger partial charge in [-0.25, -0.2) is 4.98 Å². The third kappa shape index (κ3) is 3.55. The van der Waals surface area contributed by atoms with Gasteiger partial charge in [-0.3, -0.25) is 0 Å². The van der Waals surface area contributed by atoms with Gasteiger partial charge in [-0.2, -0.15) is 0 Å². The minimum Gasteiger partial charge on any atom is -0.316 e. The van der Waals surface area contributed by atoms with Crippen LogP contribution in [0.2, 0.25) is 0 Å².